The van der Waals surface area contributed by atoms with Crippen LogP contribution in [0, 0.1) is 0 Å². The zero-order valence-corrected chi connectivity index (χ0v) is 23.3. The van der Waals surface area contributed by atoms with Crippen molar-refractivity contribution in [1.29, 1.82) is 0 Å². The van der Waals surface area contributed by atoms with Gasteiger partial charge in [0.15, 0.2) is 0 Å². The van der Waals surface area contributed by atoms with E-state index in [9.17, 15) is 14.4 Å². The molecule has 1 unspecified atom stereocenters. The van der Waals surface area contributed by atoms with Gasteiger partial charge in [0.25, 0.3) is 0 Å². The van der Waals surface area contributed by atoms with Crippen molar-refractivity contribution in [3.05, 3.63) is 35.9 Å². The van der Waals surface area contributed by atoms with Gasteiger partial charge >= 0.3 is 18.2 Å². The fourth-order valence-corrected chi connectivity index (χ4v) is 4.67. The lowest BCUT2D eigenvalue weighted by molar-refractivity contribution is -0.139. The van der Waals surface area contributed by atoms with E-state index in [1.807, 2.05) is 30.3 Å². The van der Waals surface area contributed by atoms with E-state index in [1.165, 1.54) is 64.2 Å². The molecule has 0 aromatic heterocycles. The van der Waals surface area contributed by atoms with E-state index in [-0.39, 0.29) is 19.6 Å². The Morgan fingerprint density at radius 1 is 0.895 bits per heavy atom. The van der Waals surface area contributed by atoms with E-state index in [0.717, 1.165) is 17.6 Å². The molecule has 0 saturated heterocycles. The topological polar surface area (TPSA) is 126 Å². The Morgan fingerprint density at radius 2 is 1.45 bits per heavy atom. The van der Waals surface area contributed by atoms with Crippen molar-refractivity contribution in [3.8, 4) is 0 Å². The number of ether oxygens (including phenoxy) is 2. The fourth-order valence-electron chi connectivity index (χ4n) is 4.67. The Balaban J connectivity index is 0.000000323. The summed E-state index contributed by atoms with van der Waals surface area (Å²) in [5.74, 6) is -1.22. The number of hydrogen-bond donors (Lipinski definition) is 4. The van der Waals surface area contributed by atoms with Crippen LogP contribution in [-0.2, 0) is 20.9 Å². The summed E-state index contributed by atoms with van der Waals surface area (Å²) in [6, 6.07) is 9.72. The van der Waals surface area contributed by atoms with Gasteiger partial charge in [-0.2, -0.15) is 0 Å². The molecular weight excluding hydrogens is 486 g/mol. The first-order valence-corrected chi connectivity index (χ1v) is 14.1. The first-order chi connectivity index (χ1) is 18.1. The van der Waals surface area contributed by atoms with Crippen LogP contribution in [0.1, 0.15) is 97.0 Å². The number of benzene rings is 1. The van der Waals surface area contributed by atoms with Crippen LogP contribution in [0.15, 0.2) is 30.3 Å². The number of carboxylic acids is 1. The molecule has 2 aliphatic rings. The van der Waals surface area contributed by atoms with Gasteiger partial charge in [-0.15, -0.1) is 0 Å². The van der Waals surface area contributed by atoms with E-state index in [4.69, 9.17) is 14.6 Å². The molecular formula is C29H47N3O6. The van der Waals surface area contributed by atoms with Crippen LogP contribution in [-0.4, -0.2) is 53.5 Å². The minimum absolute atomic E-state index is 0.00495. The number of carbonyl (C=O) groups is 3. The van der Waals surface area contributed by atoms with E-state index in [1.54, 1.807) is 20.8 Å². The molecule has 0 aliphatic heterocycles. The summed E-state index contributed by atoms with van der Waals surface area (Å²) in [5.41, 5.74) is 0.111. The highest BCUT2D eigenvalue weighted by Crippen LogP contribution is 2.22. The van der Waals surface area contributed by atoms with Gasteiger partial charge < -0.3 is 30.5 Å². The molecule has 1 atom stereocenters. The molecule has 38 heavy (non-hydrogen) atoms. The number of alkyl carbamates (subject to hydrolysis) is 2. The van der Waals surface area contributed by atoms with Gasteiger partial charge in [-0.05, 0) is 58.4 Å². The summed E-state index contributed by atoms with van der Waals surface area (Å²) in [4.78, 5) is 34.4. The SMILES string of the molecule is C1CCC(NC2CCCCC2)CC1.CC(C)(C)OC(=O)NC(CCNC(=O)OCc1ccccc1)C(=O)O. The highest BCUT2D eigenvalue weighted by atomic mass is 16.6. The van der Waals surface area contributed by atoms with Crippen LogP contribution in [0.4, 0.5) is 9.59 Å². The Morgan fingerprint density at radius 3 is 1.95 bits per heavy atom. The monoisotopic (exact) mass is 533 g/mol. The largest absolute Gasteiger partial charge is 0.480 e. The van der Waals surface area contributed by atoms with Crippen LogP contribution >= 0.6 is 0 Å². The quantitative estimate of drug-likeness (QED) is 0.329. The summed E-state index contributed by atoms with van der Waals surface area (Å²) in [6.45, 7) is 5.16. The van der Waals surface area contributed by atoms with E-state index < -0.39 is 29.8 Å². The van der Waals surface area contributed by atoms with Gasteiger partial charge in [0, 0.05) is 18.6 Å². The zero-order chi connectivity index (χ0) is 27.8. The molecule has 0 heterocycles. The van der Waals surface area contributed by atoms with E-state index >= 15 is 0 Å². The third-order valence-corrected chi connectivity index (χ3v) is 6.59. The van der Waals surface area contributed by atoms with Crippen LogP contribution in [0.25, 0.3) is 0 Å². The summed E-state index contributed by atoms with van der Waals surface area (Å²) in [6.07, 6.45) is 13.1. The Hall–Kier alpha value is -2.81. The van der Waals surface area contributed by atoms with E-state index in [2.05, 4.69) is 16.0 Å². The minimum Gasteiger partial charge on any atom is -0.480 e. The third-order valence-electron chi connectivity index (χ3n) is 6.59. The first kappa shape index (κ1) is 31.4. The van der Waals surface area contributed by atoms with Crippen molar-refractivity contribution in [2.45, 2.75) is 122 Å². The molecule has 4 N–H and O–H groups in total. The molecule has 0 radical (unpaired) electrons. The number of carboxylic acid groups (broad SMARTS) is 1. The molecule has 214 valence electrons. The predicted molar refractivity (Wildman–Crippen MR) is 147 cm³/mol. The maximum atomic E-state index is 11.6. The third kappa shape index (κ3) is 14.2. The average Bonchev–Trinajstić information content (AvgIpc) is 2.88. The zero-order valence-electron chi connectivity index (χ0n) is 23.3. The van der Waals surface area contributed by atoms with Crippen molar-refractivity contribution >= 4 is 18.2 Å². The molecule has 2 fully saturated rings. The maximum Gasteiger partial charge on any atom is 0.408 e. The Kier molecular flexibility index (Phi) is 14.0. The Bertz CT molecular complexity index is 814. The van der Waals surface area contributed by atoms with Crippen LogP contribution in [0.2, 0.25) is 0 Å². The summed E-state index contributed by atoms with van der Waals surface area (Å²) >= 11 is 0. The van der Waals surface area contributed by atoms with Crippen LogP contribution in [0.3, 0.4) is 0 Å². The number of hydrogen-bond acceptors (Lipinski definition) is 6. The summed E-state index contributed by atoms with van der Waals surface area (Å²) in [5, 5.41) is 17.7. The lowest BCUT2D eigenvalue weighted by Gasteiger charge is -2.30. The van der Waals surface area contributed by atoms with Crippen LogP contribution < -0.4 is 16.0 Å². The molecule has 2 aliphatic carbocycles. The summed E-state index contributed by atoms with van der Waals surface area (Å²) < 4.78 is 10.0. The van der Waals surface area contributed by atoms with Crippen molar-refractivity contribution in [2.24, 2.45) is 0 Å². The molecule has 0 spiro atoms. The van der Waals surface area contributed by atoms with Crippen LogP contribution in [0.5, 0.6) is 0 Å². The second kappa shape index (κ2) is 16.9. The van der Waals surface area contributed by atoms with Gasteiger partial charge in [0.1, 0.15) is 18.2 Å². The van der Waals surface area contributed by atoms with Crippen molar-refractivity contribution in [3.63, 3.8) is 0 Å². The molecule has 1 aromatic rings. The van der Waals surface area contributed by atoms with Gasteiger partial charge in [-0.3, -0.25) is 0 Å². The molecule has 2 amide bonds. The number of aliphatic carboxylic acids is 1. The average molecular weight is 534 g/mol. The van der Waals surface area contributed by atoms with Gasteiger partial charge in [-0.25, -0.2) is 14.4 Å². The van der Waals surface area contributed by atoms with Gasteiger partial charge in [-0.1, -0.05) is 68.9 Å². The molecule has 2 saturated carbocycles. The lowest BCUT2D eigenvalue weighted by atomic mass is 9.91. The highest BCUT2D eigenvalue weighted by molar-refractivity contribution is 5.80. The smallest absolute Gasteiger partial charge is 0.408 e. The predicted octanol–water partition coefficient (Wildman–Crippen LogP) is 5.52. The molecule has 9 heteroatoms. The second-order valence-corrected chi connectivity index (χ2v) is 11.2. The van der Waals surface area contributed by atoms with Crippen molar-refractivity contribution in [2.75, 3.05) is 6.54 Å². The van der Waals surface area contributed by atoms with E-state index in [0.29, 0.717) is 0 Å². The first-order valence-electron chi connectivity index (χ1n) is 14.1. The standard InChI is InChI=1S/C17H24N2O6.C12H23N/c1-17(2,3)25-16(23)19-13(14(20)21)9-10-18-15(22)24-11-12-7-5-4-6-8-12;1-3-7-11(8-4-1)13-12-9-5-2-6-10-12/h4-8,13H,9-11H2,1-3H3,(H,18,22)(H,19,23)(H,20,21);11-13H,1-10H2. The molecule has 9 nitrogen and oxygen atoms in total. The Labute approximate surface area is 227 Å². The number of amides is 2. The van der Waals surface area contributed by atoms with Gasteiger partial charge in [0.2, 0.25) is 0 Å². The van der Waals surface area contributed by atoms with Gasteiger partial charge in [0.05, 0.1) is 0 Å². The van der Waals surface area contributed by atoms with Crippen molar-refractivity contribution < 1.29 is 29.0 Å². The molecule has 3 rings (SSSR count). The highest BCUT2D eigenvalue weighted by Gasteiger charge is 2.24. The molecule has 0 bridgehead atoms. The summed E-state index contributed by atoms with van der Waals surface area (Å²) in [7, 11) is 0. The normalized spacial score (nSPS) is 17.3. The number of rotatable bonds is 9. The second-order valence-electron chi connectivity index (χ2n) is 11.2. The molecule has 1 aromatic carbocycles. The number of carbonyl (C=O) groups excluding carboxylic acids is 2. The minimum atomic E-state index is -1.22. The fraction of sp³-hybridized carbons (Fsp3) is 0.690. The lowest BCUT2D eigenvalue weighted by Crippen LogP contribution is -2.45. The van der Waals surface area contributed by atoms with Crippen molar-refractivity contribution in [1.82, 2.24) is 16.0 Å². The number of nitrogens with one attached hydrogen (secondary N) is 3. The maximum absolute atomic E-state index is 11.6.